The second kappa shape index (κ2) is 12.8. The molecule has 2 aromatic rings. The third-order valence-electron chi connectivity index (χ3n) is 3.91. The number of guanidine groups is 1. The number of ether oxygens (including phenoxy) is 2. The van der Waals surface area contributed by atoms with Crippen molar-refractivity contribution in [1.82, 2.24) is 10.6 Å². The van der Waals surface area contributed by atoms with Crippen molar-refractivity contribution in [2.75, 3.05) is 32.8 Å². The molecule has 28 heavy (non-hydrogen) atoms. The first kappa shape index (κ1) is 21.7. The fourth-order valence-electron chi connectivity index (χ4n) is 2.45. The summed E-state index contributed by atoms with van der Waals surface area (Å²) in [5, 5.41) is 16.4. The zero-order chi connectivity index (χ0) is 20.0. The van der Waals surface area contributed by atoms with E-state index in [4.69, 9.17) is 9.47 Å². The van der Waals surface area contributed by atoms with E-state index in [1.54, 1.807) is 0 Å². The summed E-state index contributed by atoms with van der Waals surface area (Å²) < 4.78 is 11.2. The number of hydrogen-bond donors (Lipinski definition) is 3. The molecule has 1 atom stereocenters. The van der Waals surface area contributed by atoms with Crippen LogP contribution >= 0.6 is 0 Å². The van der Waals surface area contributed by atoms with Crippen molar-refractivity contribution >= 4 is 5.96 Å². The van der Waals surface area contributed by atoms with Gasteiger partial charge in [-0.1, -0.05) is 48.0 Å². The van der Waals surface area contributed by atoms with Gasteiger partial charge in [-0.3, -0.25) is 4.99 Å². The number of aliphatic hydroxyl groups is 1. The van der Waals surface area contributed by atoms with E-state index in [0.29, 0.717) is 25.7 Å². The molecule has 0 aliphatic heterocycles. The van der Waals surface area contributed by atoms with E-state index in [1.165, 1.54) is 5.56 Å². The molecule has 152 valence electrons. The summed E-state index contributed by atoms with van der Waals surface area (Å²) in [6.45, 7) is 6.92. The minimum absolute atomic E-state index is 0.244. The second-order valence-electron chi connectivity index (χ2n) is 6.46. The lowest BCUT2D eigenvalue weighted by molar-refractivity contribution is 0.0331. The summed E-state index contributed by atoms with van der Waals surface area (Å²) >= 11 is 0. The Kier molecular flexibility index (Phi) is 9.89. The highest BCUT2D eigenvalue weighted by Gasteiger charge is 2.05. The van der Waals surface area contributed by atoms with E-state index in [-0.39, 0.29) is 13.2 Å². The van der Waals surface area contributed by atoms with E-state index < -0.39 is 6.10 Å². The molecule has 3 N–H and O–H groups in total. The van der Waals surface area contributed by atoms with Crippen LogP contribution in [0.5, 0.6) is 5.75 Å². The van der Waals surface area contributed by atoms with Gasteiger partial charge in [-0.05, 0) is 31.5 Å². The summed E-state index contributed by atoms with van der Waals surface area (Å²) in [5.74, 6) is 1.50. The van der Waals surface area contributed by atoms with E-state index in [0.717, 1.165) is 17.9 Å². The highest BCUT2D eigenvalue weighted by Crippen LogP contribution is 2.10. The van der Waals surface area contributed by atoms with Gasteiger partial charge in [0.25, 0.3) is 0 Å². The van der Waals surface area contributed by atoms with Crippen LogP contribution in [0.2, 0.25) is 0 Å². The second-order valence-corrected chi connectivity index (χ2v) is 6.46. The van der Waals surface area contributed by atoms with Crippen LogP contribution in [0.3, 0.4) is 0 Å². The molecule has 0 heterocycles. The molecule has 1 unspecified atom stereocenters. The van der Waals surface area contributed by atoms with Crippen LogP contribution in [0.1, 0.15) is 18.1 Å². The summed E-state index contributed by atoms with van der Waals surface area (Å²) in [6.07, 6.45) is -0.650. The lowest BCUT2D eigenvalue weighted by Gasteiger charge is -2.14. The Morgan fingerprint density at radius 2 is 1.82 bits per heavy atom. The number of benzene rings is 2. The highest BCUT2D eigenvalue weighted by molar-refractivity contribution is 5.79. The smallest absolute Gasteiger partial charge is 0.191 e. The summed E-state index contributed by atoms with van der Waals surface area (Å²) in [5.41, 5.74) is 2.29. The van der Waals surface area contributed by atoms with Gasteiger partial charge in [0.05, 0.1) is 32.4 Å². The van der Waals surface area contributed by atoms with Crippen molar-refractivity contribution in [3.8, 4) is 5.75 Å². The van der Waals surface area contributed by atoms with Crippen LogP contribution in [0.25, 0.3) is 0 Å². The van der Waals surface area contributed by atoms with Crippen LogP contribution in [-0.4, -0.2) is 50.0 Å². The van der Waals surface area contributed by atoms with E-state index in [9.17, 15) is 5.11 Å². The highest BCUT2D eigenvalue weighted by atomic mass is 16.5. The fraction of sp³-hybridized carbons (Fsp3) is 0.409. The van der Waals surface area contributed by atoms with Crippen molar-refractivity contribution < 1.29 is 14.6 Å². The topological polar surface area (TPSA) is 75.1 Å². The van der Waals surface area contributed by atoms with E-state index in [1.807, 2.05) is 68.4 Å². The number of nitrogens with zero attached hydrogens (tertiary/aromatic N) is 1. The minimum Gasteiger partial charge on any atom is -0.492 e. The molecule has 0 aliphatic carbocycles. The third kappa shape index (κ3) is 8.88. The van der Waals surface area contributed by atoms with Crippen LogP contribution in [-0.2, 0) is 11.3 Å². The number of nitrogens with one attached hydrogen (secondary N) is 2. The van der Waals surface area contributed by atoms with Crippen molar-refractivity contribution in [3.05, 3.63) is 65.7 Å². The molecule has 0 fully saturated rings. The maximum atomic E-state index is 10.1. The third-order valence-corrected chi connectivity index (χ3v) is 3.91. The average molecular weight is 386 g/mol. The van der Waals surface area contributed by atoms with Gasteiger partial charge in [0.2, 0.25) is 0 Å². The molecule has 0 aromatic heterocycles. The Hall–Kier alpha value is -2.57. The van der Waals surface area contributed by atoms with Gasteiger partial charge in [-0.25, -0.2) is 0 Å². The Morgan fingerprint density at radius 1 is 1.07 bits per heavy atom. The standard InChI is InChI=1S/C22H31N3O3/c1-3-23-22(24-13-14-28-21-11-9-18(2)10-12-21)25-15-20(26)17-27-16-19-7-5-4-6-8-19/h4-12,20,26H,3,13-17H2,1-2H3,(H2,23,24,25). The molecule has 0 saturated carbocycles. The SMILES string of the molecule is CCNC(=NCC(O)COCc1ccccc1)NCCOc1ccc(C)cc1. The maximum Gasteiger partial charge on any atom is 0.191 e. The molecule has 0 aliphatic rings. The Bertz CT molecular complexity index is 690. The first-order chi connectivity index (χ1) is 13.7. The van der Waals surface area contributed by atoms with Gasteiger partial charge in [-0.15, -0.1) is 0 Å². The van der Waals surface area contributed by atoms with Crippen LogP contribution in [0.15, 0.2) is 59.6 Å². The zero-order valence-electron chi connectivity index (χ0n) is 16.7. The van der Waals surface area contributed by atoms with Gasteiger partial charge < -0.3 is 25.2 Å². The normalized spacial score (nSPS) is 12.5. The van der Waals surface area contributed by atoms with Gasteiger partial charge in [0.15, 0.2) is 5.96 Å². The van der Waals surface area contributed by atoms with Gasteiger partial charge in [-0.2, -0.15) is 0 Å². The molecule has 2 rings (SSSR count). The number of rotatable bonds is 11. The lowest BCUT2D eigenvalue weighted by Crippen LogP contribution is -2.40. The molecular weight excluding hydrogens is 354 g/mol. The Balaban J connectivity index is 1.66. The fourth-order valence-corrected chi connectivity index (χ4v) is 2.45. The molecule has 6 nitrogen and oxygen atoms in total. The molecule has 0 bridgehead atoms. The molecule has 0 amide bonds. The summed E-state index contributed by atoms with van der Waals surface area (Å²) in [6, 6.07) is 17.9. The molecule has 6 heteroatoms. The number of aliphatic imine (C=N–C) groups is 1. The average Bonchev–Trinajstić information content (AvgIpc) is 2.71. The summed E-state index contributed by atoms with van der Waals surface area (Å²) in [7, 11) is 0. The predicted octanol–water partition coefficient (Wildman–Crippen LogP) is 2.51. The van der Waals surface area contributed by atoms with Gasteiger partial charge in [0, 0.05) is 6.54 Å². The summed E-state index contributed by atoms with van der Waals surface area (Å²) in [4.78, 5) is 4.40. The maximum absolute atomic E-state index is 10.1. The zero-order valence-corrected chi connectivity index (χ0v) is 16.7. The van der Waals surface area contributed by atoms with Crippen LogP contribution in [0.4, 0.5) is 0 Å². The van der Waals surface area contributed by atoms with Crippen LogP contribution < -0.4 is 15.4 Å². The predicted molar refractivity (Wildman–Crippen MR) is 113 cm³/mol. The molecule has 0 radical (unpaired) electrons. The lowest BCUT2D eigenvalue weighted by atomic mass is 10.2. The molecule has 0 saturated heterocycles. The van der Waals surface area contributed by atoms with Crippen LogP contribution in [0, 0.1) is 6.92 Å². The number of aryl methyl sites for hydroxylation is 1. The van der Waals surface area contributed by atoms with Crippen molar-refractivity contribution in [2.45, 2.75) is 26.6 Å². The first-order valence-electron chi connectivity index (χ1n) is 9.68. The van der Waals surface area contributed by atoms with Gasteiger partial charge >= 0.3 is 0 Å². The van der Waals surface area contributed by atoms with Crippen molar-refractivity contribution in [3.63, 3.8) is 0 Å². The van der Waals surface area contributed by atoms with Crippen molar-refractivity contribution in [2.24, 2.45) is 4.99 Å². The molecule has 2 aromatic carbocycles. The number of hydrogen-bond acceptors (Lipinski definition) is 4. The quantitative estimate of drug-likeness (QED) is 0.315. The van der Waals surface area contributed by atoms with Gasteiger partial charge in [0.1, 0.15) is 12.4 Å². The number of aliphatic hydroxyl groups excluding tert-OH is 1. The molecule has 0 spiro atoms. The molecular formula is C22H31N3O3. The first-order valence-corrected chi connectivity index (χ1v) is 9.68. The Morgan fingerprint density at radius 3 is 2.54 bits per heavy atom. The van der Waals surface area contributed by atoms with Crippen molar-refractivity contribution in [1.29, 1.82) is 0 Å². The van der Waals surface area contributed by atoms with E-state index >= 15 is 0 Å². The monoisotopic (exact) mass is 385 g/mol. The minimum atomic E-state index is -0.650. The largest absolute Gasteiger partial charge is 0.492 e. The van der Waals surface area contributed by atoms with E-state index in [2.05, 4.69) is 15.6 Å². The Labute approximate surface area is 167 Å².